The van der Waals surface area contributed by atoms with Gasteiger partial charge >= 0.3 is 0 Å². The van der Waals surface area contributed by atoms with E-state index in [4.69, 9.17) is 5.73 Å². The van der Waals surface area contributed by atoms with Gasteiger partial charge in [-0.05, 0) is 68.1 Å². The highest BCUT2D eigenvalue weighted by Crippen LogP contribution is 2.34. The second-order valence-electron chi connectivity index (χ2n) is 8.57. The number of hydrogen-bond acceptors (Lipinski definition) is 5. The summed E-state index contributed by atoms with van der Waals surface area (Å²) < 4.78 is 2.12. The van der Waals surface area contributed by atoms with Crippen LogP contribution in [0.4, 0.5) is 5.82 Å². The Kier molecular flexibility index (Phi) is 6.14. The van der Waals surface area contributed by atoms with Crippen LogP contribution in [0.2, 0.25) is 0 Å². The van der Waals surface area contributed by atoms with Crippen LogP contribution in [-0.4, -0.2) is 34.2 Å². The zero-order chi connectivity index (χ0) is 21.8. The standard InChI is InChI=1S/C26H30N6/c27-25-24-23(21-6-2-1-3-7-21)17-32(26(24)31-18-30-25)22-8-4-5-20(15-22)16-29-14-11-19-9-12-28-13-10-19/h1-8,15,17-19,28-29H,9-14,16H2,(H2,27,30,31). The largest absolute Gasteiger partial charge is 0.383 e. The van der Waals surface area contributed by atoms with Gasteiger partial charge in [0.25, 0.3) is 0 Å². The highest BCUT2D eigenvalue weighted by atomic mass is 15.1. The number of nitrogens with one attached hydrogen (secondary N) is 2. The molecule has 6 heteroatoms. The molecule has 1 aliphatic rings. The van der Waals surface area contributed by atoms with Crippen LogP contribution < -0.4 is 16.4 Å². The molecule has 2 aromatic carbocycles. The normalized spacial score (nSPS) is 14.8. The summed E-state index contributed by atoms with van der Waals surface area (Å²) in [7, 11) is 0. The third kappa shape index (κ3) is 4.38. The molecular weight excluding hydrogens is 396 g/mol. The second-order valence-corrected chi connectivity index (χ2v) is 8.57. The molecule has 0 amide bonds. The molecule has 5 rings (SSSR count). The van der Waals surface area contributed by atoms with E-state index < -0.39 is 0 Å². The number of anilines is 1. The smallest absolute Gasteiger partial charge is 0.150 e. The van der Waals surface area contributed by atoms with Gasteiger partial charge in [0.1, 0.15) is 12.1 Å². The van der Waals surface area contributed by atoms with Gasteiger partial charge in [-0.25, -0.2) is 9.97 Å². The van der Waals surface area contributed by atoms with Crippen molar-refractivity contribution in [2.45, 2.75) is 25.8 Å². The van der Waals surface area contributed by atoms with E-state index in [9.17, 15) is 0 Å². The van der Waals surface area contributed by atoms with Crippen molar-refractivity contribution in [1.82, 2.24) is 25.2 Å². The molecule has 0 aliphatic carbocycles. The van der Waals surface area contributed by atoms with E-state index in [1.165, 1.54) is 31.2 Å². The molecule has 2 aromatic heterocycles. The zero-order valence-electron chi connectivity index (χ0n) is 18.3. The van der Waals surface area contributed by atoms with E-state index in [1.807, 2.05) is 18.2 Å². The van der Waals surface area contributed by atoms with Gasteiger partial charge in [-0.2, -0.15) is 0 Å². The summed E-state index contributed by atoms with van der Waals surface area (Å²) in [4.78, 5) is 8.82. The molecule has 0 spiro atoms. The van der Waals surface area contributed by atoms with Crippen LogP contribution in [0.3, 0.4) is 0 Å². The Morgan fingerprint density at radius 1 is 1.03 bits per heavy atom. The first-order valence-corrected chi connectivity index (χ1v) is 11.5. The summed E-state index contributed by atoms with van der Waals surface area (Å²) in [5.74, 6) is 1.35. The quantitative estimate of drug-likeness (QED) is 0.387. The number of fused-ring (bicyclic) bond motifs is 1. The minimum atomic E-state index is 0.503. The van der Waals surface area contributed by atoms with Crippen LogP contribution in [0, 0.1) is 5.92 Å². The van der Waals surface area contributed by atoms with E-state index in [1.54, 1.807) is 0 Å². The van der Waals surface area contributed by atoms with Gasteiger partial charge in [-0.1, -0.05) is 42.5 Å². The number of rotatable bonds is 7. The Bertz CT molecular complexity index is 1180. The molecule has 1 saturated heterocycles. The van der Waals surface area contributed by atoms with Gasteiger partial charge in [0.2, 0.25) is 0 Å². The van der Waals surface area contributed by atoms with Gasteiger partial charge in [-0.15, -0.1) is 0 Å². The number of nitrogen functional groups attached to an aromatic ring is 1. The Morgan fingerprint density at radius 3 is 2.72 bits per heavy atom. The van der Waals surface area contributed by atoms with Crippen molar-refractivity contribution in [2.75, 3.05) is 25.4 Å². The number of hydrogen-bond donors (Lipinski definition) is 3. The number of nitrogens with zero attached hydrogens (tertiary/aromatic N) is 3. The zero-order valence-corrected chi connectivity index (χ0v) is 18.3. The Hall–Kier alpha value is -3.22. The fourth-order valence-electron chi connectivity index (χ4n) is 4.64. The highest BCUT2D eigenvalue weighted by molar-refractivity contribution is 6.01. The summed E-state index contributed by atoms with van der Waals surface area (Å²) >= 11 is 0. The van der Waals surface area contributed by atoms with E-state index in [2.05, 4.69) is 67.8 Å². The van der Waals surface area contributed by atoms with Crippen LogP contribution in [0.25, 0.3) is 27.8 Å². The Balaban J connectivity index is 1.38. The van der Waals surface area contributed by atoms with Crippen molar-refractivity contribution >= 4 is 16.9 Å². The van der Waals surface area contributed by atoms with E-state index in [-0.39, 0.29) is 0 Å². The maximum absolute atomic E-state index is 6.28. The summed E-state index contributed by atoms with van der Waals surface area (Å²) in [5.41, 5.74) is 11.6. The van der Waals surface area contributed by atoms with Gasteiger partial charge in [0, 0.05) is 24.0 Å². The molecule has 0 atom stereocenters. The van der Waals surface area contributed by atoms with Crippen LogP contribution in [0.1, 0.15) is 24.8 Å². The highest BCUT2D eigenvalue weighted by Gasteiger charge is 2.16. The average Bonchev–Trinajstić information content (AvgIpc) is 3.24. The predicted molar refractivity (Wildman–Crippen MR) is 131 cm³/mol. The molecule has 164 valence electrons. The fraction of sp³-hybridized carbons (Fsp3) is 0.308. The number of aromatic nitrogens is 3. The van der Waals surface area contributed by atoms with Crippen LogP contribution in [0.15, 0.2) is 67.1 Å². The second kappa shape index (κ2) is 9.51. The fourth-order valence-corrected chi connectivity index (χ4v) is 4.64. The molecule has 0 bridgehead atoms. The number of nitrogens with two attached hydrogens (primary N) is 1. The molecule has 0 unspecified atom stereocenters. The van der Waals surface area contributed by atoms with Crippen molar-refractivity contribution in [2.24, 2.45) is 5.92 Å². The lowest BCUT2D eigenvalue weighted by Gasteiger charge is -2.22. The van der Waals surface area contributed by atoms with Crippen LogP contribution in [-0.2, 0) is 6.54 Å². The SMILES string of the molecule is Nc1ncnc2c1c(-c1ccccc1)cn2-c1cccc(CNCCC2CCNCC2)c1. The first kappa shape index (κ1) is 20.7. The summed E-state index contributed by atoms with van der Waals surface area (Å²) in [6.45, 7) is 4.25. The molecule has 0 saturated carbocycles. The molecule has 32 heavy (non-hydrogen) atoms. The van der Waals surface area contributed by atoms with E-state index in [0.29, 0.717) is 5.82 Å². The molecular formula is C26H30N6. The first-order chi connectivity index (χ1) is 15.8. The number of benzene rings is 2. The molecule has 4 aromatic rings. The molecule has 6 nitrogen and oxygen atoms in total. The van der Waals surface area contributed by atoms with Crippen molar-refractivity contribution in [3.8, 4) is 16.8 Å². The predicted octanol–water partition coefficient (Wildman–Crippen LogP) is 4.15. The van der Waals surface area contributed by atoms with Crippen molar-refractivity contribution < 1.29 is 0 Å². The van der Waals surface area contributed by atoms with Gasteiger partial charge in [-0.3, -0.25) is 0 Å². The lowest BCUT2D eigenvalue weighted by molar-refractivity contribution is 0.348. The van der Waals surface area contributed by atoms with Crippen LogP contribution >= 0.6 is 0 Å². The molecule has 3 heterocycles. The van der Waals surface area contributed by atoms with Crippen LogP contribution in [0.5, 0.6) is 0 Å². The minimum absolute atomic E-state index is 0.503. The maximum Gasteiger partial charge on any atom is 0.150 e. The van der Waals surface area contributed by atoms with Gasteiger partial charge in [0.05, 0.1) is 5.39 Å². The lowest BCUT2D eigenvalue weighted by atomic mass is 9.95. The average molecular weight is 427 g/mol. The van der Waals surface area contributed by atoms with Crippen molar-refractivity contribution in [3.63, 3.8) is 0 Å². The maximum atomic E-state index is 6.28. The molecule has 0 radical (unpaired) electrons. The van der Waals surface area contributed by atoms with Crippen molar-refractivity contribution in [1.29, 1.82) is 0 Å². The van der Waals surface area contributed by atoms with Gasteiger partial charge in [0.15, 0.2) is 5.65 Å². The Morgan fingerprint density at radius 2 is 1.88 bits per heavy atom. The molecule has 1 aliphatic heterocycles. The molecule has 4 N–H and O–H groups in total. The number of piperidine rings is 1. The summed E-state index contributed by atoms with van der Waals surface area (Å²) in [5, 5.41) is 7.96. The van der Waals surface area contributed by atoms with E-state index in [0.717, 1.165) is 59.9 Å². The van der Waals surface area contributed by atoms with Gasteiger partial charge < -0.3 is 20.9 Å². The molecule has 1 fully saturated rings. The third-order valence-electron chi connectivity index (χ3n) is 6.40. The minimum Gasteiger partial charge on any atom is -0.383 e. The Labute approximate surface area is 188 Å². The summed E-state index contributed by atoms with van der Waals surface area (Å²) in [6, 6.07) is 18.9. The third-order valence-corrected chi connectivity index (χ3v) is 6.40. The van der Waals surface area contributed by atoms with Crippen molar-refractivity contribution in [3.05, 3.63) is 72.7 Å². The monoisotopic (exact) mass is 426 g/mol. The summed E-state index contributed by atoms with van der Waals surface area (Å²) in [6.07, 6.45) is 7.50. The first-order valence-electron chi connectivity index (χ1n) is 11.5. The lowest BCUT2D eigenvalue weighted by Crippen LogP contribution is -2.29. The van der Waals surface area contributed by atoms with E-state index >= 15 is 0 Å². The topological polar surface area (TPSA) is 80.8 Å².